The lowest BCUT2D eigenvalue weighted by Crippen LogP contribution is -2.23. The summed E-state index contributed by atoms with van der Waals surface area (Å²) >= 11 is 12.0. The van der Waals surface area contributed by atoms with Crippen LogP contribution in [-0.2, 0) is 17.8 Å². The maximum atomic E-state index is 11.9. The second-order valence-electron chi connectivity index (χ2n) is 5.94. The van der Waals surface area contributed by atoms with E-state index in [0.29, 0.717) is 35.2 Å². The van der Waals surface area contributed by atoms with E-state index in [9.17, 15) is 4.79 Å². The lowest BCUT2D eigenvalue weighted by molar-refractivity contribution is -0.116. The van der Waals surface area contributed by atoms with Gasteiger partial charge in [-0.15, -0.1) is 5.10 Å². The minimum absolute atomic E-state index is 0.197. The second kappa shape index (κ2) is 9.35. The van der Waals surface area contributed by atoms with Gasteiger partial charge in [-0.05, 0) is 35.8 Å². The topological polar surface area (TPSA) is 59.8 Å². The van der Waals surface area contributed by atoms with E-state index in [1.807, 2.05) is 36.4 Å². The van der Waals surface area contributed by atoms with Crippen molar-refractivity contribution < 1.29 is 4.79 Å². The molecule has 1 heterocycles. The molecule has 1 N–H and O–H groups in total. The van der Waals surface area contributed by atoms with Crippen LogP contribution in [0.4, 0.5) is 0 Å². The van der Waals surface area contributed by atoms with Crippen molar-refractivity contribution >= 4 is 35.2 Å². The fourth-order valence-corrected chi connectivity index (χ4v) is 3.01. The Morgan fingerprint density at radius 1 is 1.15 bits per heavy atom. The molecule has 0 fully saturated rings. The summed E-state index contributed by atoms with van der Waals surface area (Å²) in [4.78, 5) is 11.9. The van der Waals surface area contributed by atoms with Crippen LogP contribution in [0, 0.1) is 0 Å². The molecule has 3 aromatic rings. The summed E-state index contributed by atoms with van der Waals surface area (Å²) in [5.74, 6) is -0.197. The SMILES string of the molecule is O=C(/C=C/c1cn(Cc2ccccc2)nn1)NCCc1ccc(Cl)cc1Cl. The lowest BCUT2D eigenvalue weighted by Gasteiger charge is -2.05. The summed E-state index contributed by atoms with van der Waals surface area (Å²) in [6, 6.07) is 15.3. The molecule has 138 valence electrons. The van der Waals surface area contributed by atoms with Gasteiger partial charge in [-0.25, -0.2) is 4.68 Å². The molecule has 0 spiro atoms. The molecule has 0 saturated carbocycles. The highest BCUT2D eigenvalue weighted by molar-refractivity contribution is 6.35. The number of carbonyl (C=O) groups is 1. The fraction of sp³-hybridized carbons (Fsp3) is 0.150. The first-order valence-electron chi connectivity index (χ1n) is 8.44. The molecule has 0 bridgehead atoms. The van der Waals surface area contributed by atoms with Crippen molar-refractivity contribution in [3.8, 4) is 0 Å². The van der Waals surface area contributed by atoms with Gasteiger partial charge in [-0.1, -0.05) is 64.8 Å². The Morgan fingerprint density at radius 3 is 2.74 bits per heavy atom. The number of benzene rings is 2. The number of nitrogens with zero attached hydrogens (tertiary/aromatic N) is 3. The van der Waals surface area contributed by atoms with Crippen LogP contribution in [0.25, 0.3) is 6.08 Å². The molecule has 0 aliphatic rings. The first-order chi connectivity index (χ1) is 13.1. The van der Waals surface area contributed by atoms with Gasteiger partial charge in [0.2, 0.25) is 5.91 Å². The summed E-state index contributed by atoms with van der Waals surface area (Å²) in [5.41, 5.74) is 2.70. The smallest absolute Gasteiger partial charge is 0.244 e. The summed E-state index contributed by atoms with van der Waals surface area (Å²) in [6.07, 6.45) is 5.51. The Balaban J connectivity index is 1.47. The second-order valence-corrected chi connectivity index (χ2v) is 6.78. The lowest BCUT2D eigenvalue weighted by atomic mass is 10.1. The van der Waals surface area contributed by atoms with Gasteiger partial charge in [-0.3, -0.25) is 4.79 Å². The molecule has 1 aromatic heterocycles. The number of hydrogen-bond donors (Lipinski definition) is 1. The highest BCUT2D eigenvalue weighted by Crippen LogP contribution is 2.21. The molecule has 1 amide bonds. The van der Waals surface area contributed by atoms with Gasteiger partial charge in [0, 0.05) is 22.7 Å². The van der Waals surface area contributed by atoms with E-state index in [1.54, 1.807) is 29.1 Å². The Hall–Kier alpha value is -2.63. The molecule has 0 atom stereocenters. The van der Waals surface area contributed by atoms with E-state index < -0.39 is 0 Å². The minimum atomic E-state index is -0.197. The van der Waals surface area contributed by atoms with Crippen LogP contribution in [0.5, 0.6) is 0 Å². The van der Waals surface area contributed by atoms with E-state index in [0.717, 1.165) is 11.1 Å². The van der Waals surface area contributed by atoms with Crippen LogP contribution >= 0.6 is 23.2 Å². The van der Waals surface area contributed by atoms with Crippen molar-refractivity contribution in [1.82, 2.24) is 20.3 Å². The van der Waals surface area contributed by atoms with Crippen LogP contribution in [0.15, 0.2) is 60.8 Å². The molecule has 2 aromatic carbocycles. The average molecular weight is 401 g/mol. The van der Waals surface area contributed by atoms with Crippen molar-refractivity contribution in [2.24, 2.45) is 0 Å². The minimum Gasteiger partial charge on any atom is -0.352 e. The van der Waals surface area contributed by atoms with Crippen LogP contribution in [0.1, 0.15) is 16.8 Å². The van der Waals surface area contributed by atoms with E-state index in [-0.39, 0.29) is 5.91 Å². The third-order valence-electron chi connectivity index (χ3n) is 3.86. The number of aromatic nitrogens is 3. The fourth-order valence-electron chi connectivity index (χ4n) is 2.50. The summed E-state index contributed by atoms with van der Waals surface area (Å²) in [7, 11) is 0. The Morgan fingerprint density at radius 2 is 1.96 bits per heavy atom. The molecule has 27 heavy (non-hydrogen) atoms. The zero-order valence-electron chi connectivity index (χ0n) is 14.5. The average Bonchev–Trinajstić information content (AvgIpc) is 3.10. The van der Waals surface area contributed by atoms with Crippen molar-refractivity contribution in [2.45, 2.75) is 13.0 Å². The maximum Gasteiger partial charge on any atom is 0.244 e. The van der Waals surface area contributed by atoms with Crippen molar-refractivity contribution in [1.29, 1.82) is 0 Å². The molecule has 7 heteroatoms. The molecule has 0 radical (unpaired) electrons. The van der Waals surface area contributed by atoms with Crippen LogP contribution in [-0.4, -0.2) is 27.4 Å². The third kappa shape index (κ3) is 5.94. The third-order valence-corrected chi connectivity index (χ3v) is 4.44. The van der Waals surface area contributed by atoms with E-state index in [2.05, 4.69) is 15.6 Å². The molecule has 0 saturated heterocycles. The van der Waals surface area contributed by atoms with Crippen molar-refractivity contribution in [2.75, 3.05) is 6.54 Å². The summed E-state index contributed by atoms with van der Waals surface area (Å²) in [6.45, 7) is 1.11. The van der Waals surface area contributed by atoms with Gasteiger partial charge in [0.1, 0.15) is 5.69 Å². The molecule has 0 aliphatic carbocycles. The highest BCUT2D eigenvalue weighted by Gasteiger charge is 2.03. The van der Waals surface area contributed by atoms with Gasteiger partial charge in [0.25, 0.3) is 0 Å². The van der Waals surface area contributed by atoms with Crippen LogP contribution in [0.3, 0.4) is 0 Å². The zero-order chi connectivity index (χ0) is 19.1. The molecule has 5 nitrogen and oxygen atoms in total. The van der Waals surface area contributed by atoms with E-state index >= 15 is 0 Å². The Labute approximate surface area is 167 Å². The van der Waals surface area contributed by atoms with Gasteiger partial charge >= 0.3 is 0 Å². The number of halogens is 2. The maximum absolute atomic E-state index is 11.9. The molecule has 3 rings (SSSR count). The molecule has 0 aliphatic heterocycles. The quantitative estimate of drug-likeness (QED) is 0.609. The number of nitrogens with one attached hydrogen (secondary N) is 1. The van der Waals surface area contributed by atoms with E-state index in [4.69, 9.17) is 23.2 Å². The molecular weight excluding hydrogens is 383 g/mol. The molecule has 0 unspecified atom stereocenters. The number of rotatable bonds is 7. The van der Waals surface area contributed by atoms with Crippen molar-refractivity contribution in [3.05, 3.63) is 87.7 Å². The normalized spacial score (nSPS) is 11.0. The van der Waals surface area contributed by atoms with Gasteiger partial charge in [-0.2, -0.15) is 0 Å². The monoisotopic (exact) mass is 400 g/mol. The summed E-state index contributed by atoms with van der Waals surface area (Å²) < 4.78 is 1.73. The van der Waals surface area contributed by atoms with Crippen molar-refractivity contribution in [3.63, 3.8) is 0 Å². The van der Waals surface area contributed by atoms with Gasteiger partial charge in [0.05, 0.1) is 12.7 Å². The van der Waals surface area contributed by atoms with E-state index in [1.165, 1.54) is 6.08 Å². The largest absolute Gasteiger partial charge is 0.352 e. The number of amides is 1. The standard InChI is InChI=1S/C20H18Cl2N4O/c21-17-7-6-16(19(22)12-17)10-11-23-20(27)9-8-18-14-26(25-24-18)13-15-4-2-1-3-5-15/h1-9,12,14H,10-11,13H2,(H,23,27)/b9-8+. The number of carbonyl (C=O) groups excluding carboxylic acids is 1. The Kier molecular flexibility index (Phi) is 6.63. The van der Waals surface area contributed by atoms with Gasteiger partial charge in [0.15, 0.2) is 0 Å². The predicted octanol–water partition coefficient (Wildman–Crippen LogP) is 4.01. The first-order valence-corrected chi connectivity index (χ1v) is 9.19. The summed E-state index contributed by atoms with van der Waals surface area (Å²) in [5, 5.41) is 12.1. The predicted molar refractivity (Wildman–Crippen MR) is 108 cm³/mol. The van der Waals surface area contributed by atoms with Crippen LogP contribution in [0.2, 0.25) is 10.0 Å². The molecular formula is C20H18Cl2N4O. The highest BCUT2D eigenvalue weighted by atomic mass is 35.5. The first kappa shape index (κ1) is 19.1. The van der Waals surface area contributed by atoms with Crippen LogP contribution < -0.4 is 5.32 Å². The number of hydrogen-bond acceptors (Lipinski definition) is 3. The van der Waals surface area contributed by atoms with Gasteiger partial charge < -0.3 is 5.32 Å². The zero-order valence-corrected chi connectivity index (χ0v) is 16.0. The Bertz CT molecular complexity index is 938.